The van der Waals surface area contributed by atoms with E-state index in [1.165, 1.54) is 11.8 Å². The number of ether oxygens (including phenoxy) is 2. The van der Waals surface area contributed by atoms with Crippen molar-refractivity contribution in [1.29, 1.82) is 0 Å². The zero-order valence-electron chi connectivity index (χ0n) is 14.8. The number of hydrogen-bond donors (Lipinski definition) is 3. The Kier molecular flexibility index (Phi) is 7.49. The van der Waals surface area contributed by atoms with Crippen molar-refractivity contribution in [2.75, 3.05) is 11.5 Å². The van der Waals surface area contributed by atoms with E-state index < -0.39 is 43.2 Å². The van der Waals surface area contributed by atoms with Crippen molar-refractivity contribution in [3.8, 4) is 0 Å². The van der Waals surface area contributed by atoms with Crippen molar-refractivity contribution in [3.05, 3.63) is 30.3 Å². The number of aliphatic hydroxyl groups excluding tert-OH is 3. The number of carbonyl (C=O) groups is 2. The Morgan fingerprint density at radius 2 is 1.85 bits per heavy atom. The van der Waals surface area contributed by atoms with Gasteiger partial charge < -0.3 is 0 Å². The molecular weight excluding hydrogens is 423 g/mol. The predicted molar refractivity (Wildman–Crippen MR) is 96.1 cm³/mol. The summed E-state index contributed by atoms with van der Waals surface area (Å²) in [7, 11) is 0. The van der Waals surface area contributed by atoms with E-state index in [9.17, 15) is 24.9 Å². The van der Waals surface area contributed by atoms with Crippen molar-refractivity contribution in [2.24, 2.45) is 4.99 Å². The Morgan fingerprint density at radius 3 is 2.37 bits per heavy atom. The molecule has 0 aromatic heterocycles. The van der Waals surface area contributed by atoms with Crippen LogP contribution in [-0.4, -0.2) is 85.2 Å². The molecule has 1 aromatic carbocycles. The zero-order valence-corrected chi connectivity index (χ0v) is 16.5. The van der Waals surface area contributed by atoms with E-state index >= 15 is 0 Å². The first-order chi connectivity index (χ1) is 12.8. The second-order valence-electron chi connectivity index (χ2n) is 5.90. The summed E-state index contributed by atoms with van der Waals surface area (Å²) in [6.45, 7) is 1.91. The van der Waals surface area contributed by atoms with Gasteiger partial charge >= 0.3 is 164 Å². The molecule has 27 heavy (non-hydrogen) atoms. The number of hydrogen-bond acceptors (Lipinski definition) is 8. The van der Waals surface area contributed by atoms with E-state index in [1.807, 2.05) is 0 Å². The summed E-state index contributed by atoms with van der Waals surface area (Å²) in [5.74, 6) is -1.04. The molecule has 0 spiro atoms. The van der Waals surface area contributed by atoms with Gasteiger partial charge in [0.25, 0.3) is 0 Å². The fourth-order valence-corrected chi connectivity index (χ4v) is 3.37. The van der Waals surface area contributed by atoms with Gasteiger partial charge in [-0.1, -0.05) is 0 Å². The van der Waals surface area contributed by atoms with Crippen molar-refractivity contribution in [2.45, 2.75) is 44.5 Å². The van der Waals surface area contributed by atoms with E-state index in [4.69, 9.17) is 9.47 Å². The zero-order chi connectivity index (χ0) is 20.1. The summed E-state index contributed by atoms with van der Waals surface area (Å²) in [5.41, 5.74) is 0.543. The topological polar surface area (TPSA) is 129 Å². The molecule has 0 bridgehead atoms. The number of aliphatic hydroxyl groups is 3. The van der Waals surface area contributed by atoms with E-state index in [0.717, 1.165) is 6.92 Å². The van der Waals surface area contributed by atoms with Crippen LogP contribution in [-0.2, 0) is 19.1 Å². The quantitative estimate of drug-likeness (QED) is 0.234. The summed E-state index contributed by atoms with van der Waals surface area (Å²) in [5, 5.41) is 29.6. The number of para-hydroxylation sites is 1. The number of aliphatic imine (C=N–C) groups is 1. The average molecular weight is 444 g/mol. The molecule has 5 atom stereocenters. The molecule has 10 heteroatoms. The van der Waals surface area contributed by atoms with Gasteiger partial charge in [0.2, 0.25) is 0 Å². The first kappa shape index (κ1) is 21.5. The first-order valence-electron chi connectivity index (χ1n) is 8.16. The van der Waals surface area contributed by atoms with Crippen LogP contribution in [0.2, 0.25) is 0 Å². The Bertz CT molecular complexity index is 700. The SMILES string of the molecule is CC(=O)O[C@H]1[C@@H](O)[C@H](O)[C@@H](CO)O[C@H]1/N=C(\[Se])N(C(C)=O)c1ccccc1. The molecule has 1 aliphatic rings. The summed E-state index contributed by atoms with van der Waals surface area (Å²) in [6, 6.07) is 8.70. The number of carbonyl (C=O) groups excluding carboxylic acids is 2. The number of anilines is 1. The van der Waals surface area contributed by atoms with Gasteiger partial charge in [-0.2, -0.15) is 0 Å². The van der Waals surface area contributed by atoms with E-state index in [-0.39, 0.29) is 10.6 Å². The molecule has 1 aliphatic heterocycles. The molecule has 3 N–H and O–H groups in total. The molecule has 0 aliphatic carbocycles. The third-order valence-electron chi connectivity index (χ3n) is 3.90. The maximum absolute atomic E-state index is 12.1. The van der Waals surface area contributed by atoms with Gasteiger partial charge in [0.1, 0.15) is 0 Å². The third-order valence-corrected chi connectivity index (χ3v) is 4.51. The van der Waals surface area contributed by atoms with Crippen LogP contribution >= 0.6 is 0 Å². The number of nitrogens with zero attached hydrogens (tertiary/aromatic N) is 2. The minimum absolute atomic E-state index is 0.108. The Labute approximate surface area is 164 Å². The molecule has 0 saturated carbocycles. The molecule has 2 rings (SSSR count). The minimum atomic E-state index is -1.52. The molecule has 1 heterocycles. The van der Waals surface area contributed by atoms with Crippen molar-refractivity contribution in [3.63, 3.8) is 0 Å². The van der Waals surface area contributed by atoms with Crippen LogP contribution in [0, 0.1) is 0 Å². The fourth-order valence-electron chi connectivity index (χ4n) is 2.67. The number of benzene rings is 1. The Hall–Kier alpha value is -1.81. The van der Waals surface area contributed by atoms with Crippen molar-refractivity contribution < 1.29 is 34.4 Å². The summed E-state index contributed by atoms with van der Waals surface area (Å²) in [4.78, 5) is 29.0. The number of rotatable bonds is 4. The standard InChI is InChI=1S/C17H21N2O7Se/c1-9(21)19(11-6-4-3-5-7-11)17(27)18-16-15(25-10(2)22)14(24)13(23)12(8-20)26-16/h3-7,12-16,20,23-24H,8H2,1-2H3/b18-17-/t12-,13-,14+,15+,16-/m1/s1. The summed E-state index contributed by atoms with van der Waals surface area (Å²) >= 11 is 2.67. The molecule has 9 nitrogen and oxygen atoms in total. The van der Waals surface area contributed by atoms with Crippen LogP contribution in [0.5, 0.6) is 0 Å². The van der Waals surface area contributed by atoms with Crippen LogP contribution in [0.4, 0.5) is 5.69 Å². The Balaban J connectivity index is 2.37. The second kappa shape index (κ2) is 9.41. The van der Waals surface area contributed by atoms with Crippen LogP contribution < -0.4 is 4.90 Å². The van der Waals surface area contributed by atoms with Gasteiger partial charge in [0, 0.05) is 0 Å². The normalized spacial score (nSPS) is 28.5. The molecule has 1 saturated heterocycles. The van der Waals surface area contributed by atoms with Crippen molar-refractivity contribution >= 4 is 38.3 Å². The van der Waals surface area contributed by atoms with Gasteiger partial charge in [-0.05, 0) is 0 Å². The Morgan fingerprint density at radius 1 is 1.22 bits per heavy atom. The van der Waals surface area contributed by atoms with Crippen LogP contribution in [0.25, 0.3) is 0 Å². The third kappa shape index (κ3) is 5.13. The van der Waals surface area contributed by atoms with Gasteiger partial charge in [-0.3, -0.25) is 0 Å². The number of amides is 1. The predicted octanol–water partition coefficient (Wildman–Crippen LogP) is -1.07. The van der Waals surface area contributed by atoms with Gasteiger partial charge in [0.15, 0.2) is 0 Å². The van der Waals surface area contributed by atoms with E-state index in [1.54, 1.807) is 30.3 Å². The molecular formula is C17H21N2O7Se. The van der Waals surface area contributed by atoms with Crippen LogP contribution in [0.15, 0.2) is 35.3 Å². The van der Waals surface area contributed by atoms with Crippen molar-refractivity contribution in [1.82, 2.24) is 0 Å². The monoisotopic (exact) mass is 445 g/mol. The van der Waals surface area contributed by atoms with E-state index in [0.29, 0.717) is 5.69 Å². The molecule has 1 fully saturated rings. The number of amidine groups is 1. The van der Waals surface area contributed by atoms with Gasteiger partial charge in [0.05, 0.1) is 0 Å². The molecule has 147 valence electrons. The van der Waals surface area contributed by atoms with E-state index in [2.05, 4.69) is 21.0 Å². The second-order valence-corrected chi connectivity index (χ2v) is 6.67. The maximum atomic E-state index is 12.1. The van der Waals surface area contributed by atoms with Gasteiger partial charge in [-0.25, -0.2) is 0 Å². The van der Waals surface area contributed by atoms with Gasteiger partial charge in [-0.15, -0.1) is 0 Å². The average Bonchev–Trinajstić information content (AvgIpc) is 2.61. The molecule has 0 unspecified atom stereocenters. The summed E-state index contributed by atoms with van der Waals surface area (Å²) < 4.78 is 10.6. The fraction of sp³-hybridized carbons (Fsp3) is 0.471. The molecule has 1 radical (unpaired) electrons. The molecule has 1 amide bonds. The first-order valence-corrected chi connectivity index (χ1v) is 9.02. The summed E-state index contributed by atoms with van der Waals surface area (Å²) in [6.07, 6.45) is -6.67. The number of esters is 1. The molecule has 1 aromatic rings. The van der Waals surface area contributed by atoms with Crippen LogP contribution in [0.3, 0.4) is 0 Å². The van der Waals surface area contributed by atoms with Crippen LogP contribution in [0.1, 0.15) is 13.8 Å².